The van der Waals surface area contributed by atoms with Gasteiger partial charge in [0.05, 0.1) is 19.8 Å². The predicted molar refractivity (Wildman–Crippen MR) is 60.3 cm³/mol. The number of esters is 2. The molecule has 1 saturated heterocycles. The maximum absolute atomic E-state index is 11.0. The fraction of sp³-hybridized carbons (Fsp3) is 0.667. The standard InChI is InChI=1S/C12H18O5/c1-2-11(13)15-7-5-3-4-6-8-16-12(14)10-9-17-10/h2,10H,1,3-9H2. The smallest absolute Gasteiger partial charge is 0.337 e. The van der Waals surface area contributed by atoms with E-state index in [0.29, 0.717) is 19.8 Å². The third-order valence-corrected chi connectivity index (χ3v) is 2.29. The van der Waals surface area contributed by atoms with Crippen molar-refractivity contribution in [3.05, 3.63) is 12.7 Å². The third-order valence-electron chi connectivity index (χ3n) is 2.29. The average Bonchev–Trinajstić information content (AvgIpc) is 3.15. The molecule has 0 aromatic heterocycles. The fourth-order valence-electron chi connectivity index (χ4n) is 1.24. The van der Waals surface area contributed by atoms with Crippen LogP contribution in [0.2, 0.25) is 0 Å². The number of hydrogen-bond donors (Lipinski definition) is 0. The van der Waals surface area contributed by atoms with E-state index in [0.717, 1.165) is 31.8 Å². The minimum absolute atomic E-state index is 0.259. The number of ether oxygens (including phenoxy) is 3. The molecule has 0 bridgehead atoms. The quantitative estimate of drug-likeness (QED) is 0.263. The number of carbonyl (C=O) groups is 2. The van der Waals surface area contributed by atoms with Gasteiger partial charge in [-0.05, 0) is 25.7 Å². The van der Waals surface area contributed by atoms with Crippen LogP contribution < -0.4 is 0 Å². The lowest BCUT2D eigenvalue weighted by atomic mass is 10.2. The van der Waals surface area contributed by atoms with Crippen molar-refractivity contribution in [3.63, 3.8) is 0 Å². The van der Waals surface area contributed by atoms with Gasteiger partial charge in [-0.15, -0.1) is 0 Å². The number of unbranched alkanes of at least 4 members (excludes halogenated alkanes) is 3. The molecular weight excluding hydrogens is 224 g/mol. The molecule has 17 heavy (non-hydrogen) atoms. The lowest BCUT2D eigenvalue weighted by Crippen LogP contribution is -2.12. The van der Waals surface area contributed by atoms with Gasteiger partial charge in [0.15, 0.2) is 6.10 Å². The van der Waals surface area contributed by atoms with Crippen molar-refractivity contribution in [2.75, 3.05) is 19.8 Å². The molecule has 1 heterocycles. The van der Waals surface area contributed by atoms with Crippen LogP contribution >= 0.6 is 0 Å². The van der Waals surface area contributed by atoms with Crippen LogP contribution in [0.3, 0.4) is 0 Å². The first-order valence-corrected chi connectivity index (χ1v) is 5.81. The maximum Gasteiger partial charge on any atom is 0.337 e. The molecule has 0 saturated carbocycles. The monoisotopic (exact) mass is 242 g/mol. The highest BCUT2D eigenvalue weighted by atomic mass is 16.6. The first-order chi connectivity index (χ1) is 8.24. The summed E-state index contributed by atoms with van der Waals surface area (Å²) in [5.74, 6) is -0.645. The predicted octanol–water partition coefficient (Wildman–Crippen LogP) is 1.22. The number of rotatable bonds is 9. The molecule has 5 heteroatoms. The molecule has 1 rings (SSSR count). The van der Waals surface area contributed by atoms with E-state index in [1.165, 1.54) is 0 Å². The van der Waals surface area contributed by atoms with Gasteiger partial charge < -0.3 is 14.2 Å². The first kappa shape index (κ1) is 13.7. The summed E-state index contributed by atoms with van der Waals surface area (Å²) in [4.78, 5) is 21.7. The van der Waals surface area contributed by atoms with E-state index < -0.39 is 0 Å². The lowest BCUT2D eigenvalue weighted by molar-refractivity contribution is -0.145. The van der Waals surface area contributed by atoms with Crippen LogP contribution in [0.1, 0.15) is 25.7 Å². The molecule has 1 fully saturated rings. The van der Waals surface area contributed by atoms with Gasteiger partial charge in [0.2, 0.25) is 0 Å². The molecule has 0 amide bonds. The second-order valence-electron chi connectivity index (χ2n) is 3.78. The molecule has 1 unspecified atom stereocenters. The molecule has 0 radical (unpaired) electrons. The molecule has 0 aromatic carbocycles. The van der Waals surface area contributed by atoms with E-state index >= 15 is 0 Å². The summed E-state index contributed by atoms with van der Waals surface area (Å²) in [6, 6.07) is 0. The summed E-state index contributed by atoms with van der Waals surface area (Å²) in [6.45, 7) is 4.65. The van der Waals surface area contributed by atoms with E-state index in [4.69, 9.17) is 14.2 Å². The van der Waals surface area contributed by atoms with Crippen molar-refractivity contribution in [2.24, 2.45) is 0 Å². The second-order valence-corrected chi connectivity index (χ2v) is 3.78. The molecule has 0 N–H and O–H groups in total. The summed E-state index contributed by atoms with van der Waals surface area (Å²) in [7, 11) is 0. The Bertz CT molecular complexity index is 270. The summed E-state index contributed by atoms with van der Waals surface area (Å²) in [6.07, 6.45) is 4.38. The molecule has 0 aromatic rings. The van der Waals surface area contributed by atoms with Gasteiger partial charge in [-0.25, -0.2) is 9.59 Å². The highest BCUT2D eigenvalue weighted by Gasteiger charge is 2.32. The number of carbonyl (C=O) groups excluding carboxylic acids is 2. The largest absolute Gasteiger partial charge is 0.464 e. The van der Waals surface area contributed by atoms with Crippen molar-refractivity contribution in [1.82, 2.24) is 0 Å². The molecule has 1 aliphatic rings. The third kappa shape index (κ3) is 6.73. The molecule has 0 spiro atoms. The highest BCUT2D eigenvalue weighted by Crippen LogP contribution is 2.11. The SMILES string of the molecule is C=CC(=O)OCCCCCCOC(=O)C1CO1. The molecule has 0 aliphatic carbocycles. The van der Waals surface area contributed by atoms with Crippen LogP contribution in [0.5, 0.6) is 0 Å². The van der Waals surface area contributed by atoms with Crippen molar-refractivity contribution in [2.45, 2.75) is 31.8 Å². The summed E-state index contributed by atoms with van der Waals surface area (Å²) in [5.41, 5.74) is 0. The maximum atomic E-state index is 11.0. The Morgan fingerprint density at radius 1 is 1.18 bits per heavy atom. The molecule has 1 atom stereocenters. The van der Waals surface area contributed by atoms with E-state index in [1.54, 1.807) is 0 Å². The average molecular weight is 242 g/mol. The zero-order valence-corrected chi connectivity index (χ0v) is 9.85. The molecule has 1 aliphatic heterocycles. The summed E-state index contributed by atoms with van der Waals surface area (Å²) < 4.78 is 14.6. The number of epoxide rings is 1. The zero-order chi connectivity index (χ0) is 12.5. The Hall–Kier alpha value is -1.36. The summed E-state index contributed by atoms with van der Waals surface area (Å²) >= 11 is 0. The Balaban J connectivity index is 1.79. The summed E-state index contributed by atoms with van der Waals surface area (Å²) in [5, 5.41) is 0. The van der Waals surface area contributed by atoms with Crippen LogP contribution in [0.25, 0.3) is 0 Å². The minimum Gasteiger partial charge on any atom is -0.464 e. The van der Waals surface area contributed by atoms with Crippen LogP contribution in [-0.4, -0.2) is 37.9 Å². The minimum atomic E-state index is -0.386. The van der Waals surface area contributed by atoms with Gasteiger partial charge >= 0.3 is 11.9 Å². The Morgan fingerprint density at radius 3 is 2.29 bits per heavy atom. The van der Waals surface area contributed by atoms with Gasteiger partial charge in [0, 0.05) is 6.08 Å². The van der Waals surface area contributed by atoms with Crippen LogP contribution in [0.15, 0.2) is 12.7 Å². The second kappa shape index (κ2) is 7.84. The van der Waals surface area contributed by atoms with Gasteiger partial charge in [0.1, 0.15) is 0 Å². The topological polar surface area (TPSA) is 65.1 Å². The van der Waals surface area contributed by atoms with E-state index in [2.05, 4.69) is 6.58 Å². The van der Waals surface area contributed by atoms with E-state index in [9.17, 15) is 9.59 Å². The van der Waals surface area contributed by atoms with Crippen molar-refractivity contribution < 1.29 is 23.8 Å². The van der Waals surface area contributed by atoms with Crippen molar-refractivity contribution >= 4 is 11.9 Å². The van der Waals surface area contributed by atoms with E-state index in [1.807, 2.05) is 0 Å². The van der Waals surface area contributed by atoms with Crippen molar-refractivity contribution in [3.8, 4) is 0 Å². The van der Waals surface area contributed by atoms with Crippen LogP contribution in [0.4, 0.5) is 0 Å². The van der Waals surface area contributed by atoms with Gasteiger partial charge in [-0.1, -0.05) is 6.58 Å². The molecule has 5 nitrogen and oxygen atoms in total. The van der Waals surface area contributed by atoms with Crippen LogP contribution in [0, 0.1) is 0 Å². The Kier molecular flexibility index (Phi) is 6.32. The molecule has 96 valence electrons. The Morgan fingerprint density at radius 2 is 1.76 bits per heavy atom. The highest BCUT2D eigenvalue weighted by molar-refractivity contribution is 5.81. The fourth-order valence-corrected chi connectivity index (χ4v) is 1.24. The number of hydrogen-bond acceptors (Lipinski definition) is 5. The van der Waals surface area contributed by atoms with Gasteiger partial charge in [-0.3, -0.25) is 0 Å². The zero-order valence-electron chi connectivity index (χ0n) is 9.85. The first-order valence-electron chi connectivity index (χ1n) is 5.81. The molecular formula is C12H18O5. The lowest BCUT2D eigenvalue weighted by Gasteiger charge is -2.03. The normalized spacial score (nSPS) is 17.3. The van der Waals surface area contributed by atoms with Crippen molar-refractivity contribution in [1.29, 1.82) is 0 Å². The van der Waals surface area contributed by atoms with E-state index in [-0.39, 0.29) is 18.0 Å². The Labute approximate surface area is 101 Å². The van der Waals surface area contributed by atoms with Gasteiger partial charge in [-0.2, -0.15) is 0 Å². The van der Waals surface area contributed by atoms with Gasteiger partial charge in [0.25, 0.3) is 0 Å². The van der Waals surface area contributed by atoms with Crippen LogP contribution in [-0.2, 0) is 23.8 Å².